The molecule has 0 fully saturated rings. The van der Waals surface area contributed by atoms with Gasteiger partial charge in [-0.15, -0.1) is 0 Å². The Bertz CT molecular complexity index is 448. The van der Waals surface area contributed by atoms with Gasteiger partial charge in [0.05, 0.1) is 12.2 Å². The maximum absolute atomic E-state index is 8.01. The number of H-pyrrole nitrogens is 1. The second-order valence-corrected chi connectivity index (χ2v) is 18.2. The van der Waals surface area contributed by atoms with E-state index in [0.29, 0.717) is 0 Å². The first-order valence-corrected chi connectivity index (χ1v) is 15.1. The van der Waals surface area contributed by atoms with E-state index in [-0.39, 0.29) is 0 Å². The molecule has 4 nitrogen and oxygen atoms in total. The van der Waals surface area contributed by atoms with Crippen LogP contribution in [0.15, 0.2) is 29.4 Å². The molecule has 1 aromatic heterocycles. The van der Waals surface area contributed by atoms with Crippen LogP contribution in [0.3, 0.4) is 0 Å². The topological polar surface area (TPSA) is 64.8 Å². The van der Waals surface area contributed by atoms with Crippen LogP contribution in [0.1, 0.15) is 12.6 Å². The van der Waals surface area contributed by atoms with Crippen molar-refractivity contribution in [1.29, 1.82) is 3.88 Å². The average Bonchev–Trinajstić information content (AvgIpc) is 2.76. The van der Waals surface area contributed by atoms with Crippen molar-refractivity contribution >= 4 is 34.6 Å². The molecule has 2 heterocycles. The van der Waals surface area contributed by atoms with Crippen LogP contribution < -0.4 is 0 Å². The predicted octanol–water partition coefficient (Wildman–Crippen LogP) is 3.82. The zero-order chi connectivity index (χ0) is 13.3. The summed E-state index contributed by atoms with van der Waals surface area (Å²) in [5.41, 5.74) is 2.19. The minimum atomic E-state index is -3.64. The molecule has 0 radical (unpaired) electrons. The molecule has 0 aromatic carbocycles. The second kappa shape index (κ2) is 8.86. The maximum atomic E-state index is 8.01. The van der Waals surface area contributed by atoms with E-state index in [1.165, 1.54) is 0 Å². The number of aromatic nitrogens is 2. The molecule has 0 bridgehead atoms. The van der Waals surface area contributed by atoms with E-state index in [4.69, 9.17) is 32.8 Å². The number of rotatable bonds is 0. The van der Waals surface area contributed by atoms with Gasteiger partial charge in [0, 0.05) is 11.9 Å². The first-order chi connectivity index (χ1) is 7.79. The minimum absolute atomic E-state index is 0.895. The number of allylic oxidation sites excluding steroid dienone is 1. The molecule has 0 amide bonds. The van der Waals surface area contributed by atoms with Crippen LogP contribution in [0.5, 0.6) is 0 Å². The number of hydrogen-bond acceptors (Lipinski definition) is 3. The Labute approximate surface area is 115 Å². The van der Waals surface area contributed by atoms with Crippen LogP contribution in [0.2, 0.25) is 0 Å². The molecule has 8 heteroatoms. The fourth-order valence-corrected chi connectivity index (χ4v) is 0.807. The summed E-state index contributed by atoms with van der Waals surface area (Å²) in [6.45, 7) is 4.84. The van der Waals surface area contributed by atoms with Gasteiger partial charge in [-0.05, 0) is 26.0 Å². The quantitative estimate of drug-likeness (QED) is 0.622. The Hall–Kier alpha value is -0.164. The number of hydrogen-bond donors (Lipinski definition) is 1. The average molecular weight is 474 g/mol. The van der Waals surface area contributed by atoms with Crippen molar-refractivity contribution in [3.05, 3.63) is 30.1 Å². The van der Waals surface area contributed by atoms with Gasteiger partial charge in [-0.2, -0.15) is 5.10 Å². The van der Waals surface area contributed by atoms with Crippen molar-refractivity contribution < 1.29 is 11.7 Å². The van der Waals surface area contributed by atoms with Crippen molar-refractivity contribution in [3.8, 4) is 0 Å². The summed E-state index contributed by atoms with van der Waals surface area (Å²) in [7, 11) is 14.4. The summed E-state index contributed by atoms with van der Waals surface area (Å²) in [5.74, 6) is 0. The van der Waals surface area contributed by atoms with E-state index in [2.05, 4.69) is 21.3 Å². The molecule has 1 N–H and O–H groups in total. The Kier molecular flexibility index (Phi) is 8.77. The van der Waals surface area contributed by atoms with Gasteiger partial charge in [0.25, 0.3) is 0 Å². The van der Waals surface area contributed by atoms with Crippen LogP contribution >= 0.6 is 28.9 Å². The number of nitrogens with zero attached hydrogens (tertiary/aromatic N) is 3. The van der Waals surface area contributed by atoms with Crippen LogP contribution in [0, 0.1) is 10.8 Å². The number of aliphatic imine (C=N–C) groups is 1. The van der Waals surface area contributed by atoms with Crippen LogP contribution in [0.4, 0.5) is 0 Å². The monoisotopic (exact) mass is 474 g/mol. The fraction of sp³-hybridized carbons (Fsp3) is 0.333. The van der Waals surface area contributed by atoms with E-state index in [1.54, 1.807) is 6.20 Å². The van der Waals surface area contributed by atoms with Gasteiger partial charge in [-0.3, -0.25) is 10.1 Å². The van der Waals surface area contributed by atoms with Gasteiger partial charge in [-0.1, -0.05) is 6.08 Å². The molecule has 0 unspecified atom stereocenters. The van der Waals surface area contributed by atoms with Crippen molar-refractivity contribution in [2.75, 3.05) is 6.54 Å². The zero-order valence-electron chi connectivity index (χ0n) is 9.35. The predicted molar refractivity (Wildman–Crippen MR) is 69.7 cm³/mol. The van der Waals surface area contributed by atoms with Gasteiger partial charge < -0.3 is 0 Å². The SMILES string of the molecule is CC1=NCC=C1.Cc1cc[nH]n1.[N]#[Os]([Cl])([Cl])[Cl]. The van der Waals surface area contributed by atoms with E-state index < -0.39 is 11.7 Å². The Balaban J connectivity index is 0.000000228. The molecule has 0 aliphatic carbocycles. The third-order valence-corrected chi connectivity index (χ3v) is 1.45. The summed E-state index contributed by atoms with van der Waals surface area (Å²) in [5, 5.41) is 6.47. The second-order valence-electron chi connectivity index (χ2n) is 2.93. The molecular formula is C9H13Cl3N4Os. The Morgan fingerprint density at radius 1 is 1.35 bits per heavy atom. The Morgan fingerprint density at radius 3 is 2.06 bits per heavy atom. The van der Waals surface area contributed by atoms with Crippen LogP contribution in [-0.2, 0) is 11.7 Å². The molecule has 0 saturated heterocycles. The van der Waals surface area contributed by atoms with Crippen LogP contribution in [-0.4, -0.2) is 22.5 Å². The molecule has 0 spiro atoms. The molecule has 1 aromatic rings. The van der Waals surface area contributed by atoms with E-state index in [9.17, 15) is 0 Å². The summed E-state index contributed by atoms with van der Waals surface area (Å²) in [4.78, 5) is 4.04. The van der Waals surface area contributed by atoms with Gasteiger partial charge in [0.2, 0.25) is 0 Å². The molecular weight excluding hydrogens is 461 g/mol. The first-order valence-electron chi connectivity index (χ1n) is 4.49. The molecule has 1 aliphatic rings. The number of nitrogens with one attached hydrogen (secondary N) is 1. The van der Waals surface area contributed by atoms with Crippen molar-refractivity contribution in [2.45, 2.75) is 13.8 Å². The number of halogens is 3. The molecule has 0 saturated carbocycles. The molecule has 98 valence electrons. The number of aromatic amines is 1. The summed E-state index contributed by atoms with van der Waals surface area (Å²) < 4.78 is 8.01. The summed E-state index contributed by atoms with van der Waals surface area (Å²) in [6.07, 6.45) is 5.88. The molecule has 17 heavy (non-hydrogen) atoms. The number of aryl methyl sites for hydroxylation is 1. The Morgan fingerprint density at radius 2 is 1.94 bits per heavy atom. The van der Waals surface area contributed by atoms with Crippen molar-refractivity contribution in [2.24, 2.45) is 4.99 Å². The van der Waals surface area contributed by atoms with E-state index >= 15 is 0 Å². The molecule has 1 aliphatic heterocycles. The van der Waals surface area contributed by atoms with Crippen molar-refractivity contribution in [1.82, 2.24) is 10.2 Å². The van der Waals surface area contributed by atoms with Gasteiger partial charge in [0.15, 0.2) is 0 Å². The van der Waals surface area contributed by atoms with Gasteiger partial charge in [-0.25, -0.2) is 0 Å². The zero-order valence-corrected chi connectivity index (χ0v) is 14.2. The summed E-state index contributed by atoms with van der Waals surface area (Å²) >= 11 is -3.64. The van der Waals surface area contributed by atoms with E-state index in [0.717, 1.165) is 18.0 Å². The van der Waals surface area contributed by atoms with Gasteiger partial charge in [0.1, 0.15) is 0 Å². The molecule has 2 rings (SSSR count). The molecule has 0 atom stereocenters. The third kappa shape index (κ3) is 15.8. The van der Waals surface area contributed by atoms with Crippen LogP contribution in [0.25, 0.3) is 0 Å². The van der Waals surface area contributed by atoms with Crippen molar-refractivity contribution in [3.63, 3.8) is 0 Å². The fourth-order valence-electron chi connectivity index (χ4n) is 0.807. The van der Waals surface area contributed by atoms with Gasteiger partial charge >= 0.3 is 44.5 Å². The normalized spacial score (nSPS) is 14.0. The van der Waals surface area contributed by atoms with E-state index in [1.807, 2.05) is 26.0 Å². The standard InChI is InChI=1S/C5H7N.C4H6N2.3ClH.N.Os/c1-5-3-2-4-6-5;1-4-2-3-5-6-4;;;;;/h2-3H,4H2,1H3;2-3H,1H3,(H,5,6);3*1H;;/q;;;;;;+3/p-3. The first kappa shape index (κ1) is 16.8. The summed E-state index contributed by atoms with van der Waals surface area (Å²) in [6, 6.07) is 1.92. The third-order valence-electron chi connectivity index (χ3n) is 1.45.